The molecule has 0 radical (unpaired) electrons. The van der Waals surface area contributed by atoms with Crippen LogP contribution in [0.25, 0.3) is 0 Å². The van der Waals surface area contributed by atoms with Crippen LogP contribution in [0.4, 0.5) is 8.78 Å². The molecule has 0 aliphatic rings. The van der Waals surface area contributed by atoms with Gasteiger partial charge in [0, 0.05) is 6.07 Å². The van der Waals surface area contributed by atoms with Gasteiger partial charge in [-0.05, 0) is 42.4 Å². The van der Waals surface area contributed by atoms with Gasteiger partial charge in [-0.15, -0.1) is 0 Å². The second-order valence-corrected chi connectivity index (χ2v) is 4.20. The van der Waals surface area contributed by atoms with Crippen molar-refractivity contribution in [2.24, 2.45) is 0 Å². The van der Waals surface area contributed by atoms with Crippen molar-refractivity contribution in [2.75, 3.05) is 14.2 Å². The number of halogens is 2. The smallest absolute Gasteiger partial charge is 0.126 e. The van der Waals surface area contributed by atoms with Gasteiger partial charge in [0.15, 0.2) is 0 Å². The first-order valence-electron chi connectivity index (χ1n) is 5.91. The molecule has 19 heavy (non-hydrogen) atoms. The lowest BCUT2D eigenvalue weighted by atomic mass is 9.98. The molecule has 0 aliphatic carbocycles. The SMILES string of the molecule is CNC(c1ccc(OC)cc1)c1cc(F)cc(F)c1. The van der Waals surface area contributed by atoms with E-state index in [4.69, 9.17) is 4.74 Å². The molecule has 0 amide bonds. The zero-order valence-electron chi connectivity index (χ0n) is 10.8. The summed E-state index contributed by atoms with van der Waals surface area (Å²) in [6.45, 7) is 0. The quantitative estimate of drug-likeness (QED) is 0.914. The first-order chi connectivity index (χ1) is 9.13. The minimum atomic E-state index is -0.580. The second kappa shape index (κ2) is 5.80. The normalized spacial score (nSPS) is 12.2. The zero-order valence-corrected chi connectivity index (χ0v) is 10.8. The first kappa shape index (κ1) is 13.5. The predicted molar refractivity (Wildman–Crippen MR) is 70.3 cm³/mol. The van der Waals surface area contributed by atoms with Gasteiger partial charge in [-0.2, -0.15) is 0 Å². The summed E-state index contributed by atoms with van der Waals surface area (Å²) in [6.07, 6.45) is 0. The molecule has 2 rings (SSSR count). The lowest BCUT2D eigenvalue weighted by Crippen LogP contribution is -2.18. The molecule has 0 bridgehead atoms. The maximum atomic E-state index is 13.3. The Hall–Kier alpha value is -1.94. The third kappa shape index (κ3) is 3.09. The first-order valence-corrected chi connectivity index (χ1v) is 5.91. The van der Waals surface area contributed by atoms with Gasteiger partial charge in [0.25, 0.3) is 0 Å². The topological polar surface area (TPSA) is 21.3 Å². The maximum absolute atomic E-state index is 13.3. The number of ether oxygens (including phenoxy) is 1. The Morgan fingerprint density at radius 1 is 0.947 bits per heavy atom. The van der Waals surface area contributed by atoms with Crippen LogP contribution in [0, 0.1) is 11.6 Å². The largest absolute Gasteiger partial charge is 0.497 e. The van der Waals surface area contributed by atoms with Crippen LogP contribution in [0.2, 0.25) is 0 Å². The minimum Gasteiger partial charge on any atom is -0.497 e. The molecule has 2 aromatic rings. The summed E-state index contributed by atoms with van der Waals surface area (Å²) in [6, 6.07) is 10.6. The molecule has 0 spiro atoms. The van der Waals surface area contributed by atoms with Gasteiger partial charge in [-0.25, -0.2) is 8.78 Å². The van der Waals surface area contributed by atoms with E-state index in [9.17, 15) is 8.78 Å². The minimum absolute atomic E-state index is 0.267. The Morgan fingerprint density at radius 3 is 2.00 bits per heavy atom. The standard InChI is InChI=1S/C15H15F2NO/c1-18-15(10-3-5-14(19-2)6-4-10)11-7-12(16)9-13(17)8-11/h3-9,15,18H,1-2H3. The van der Waals surface area contributed by atoms with Crippen LogP contribution in [0.3, 0.4) is 0 Å². The van der Waals surface area contributed by atoms with Crippen LogP contribution in [-0.4, -0.2) is 14.2 Å². The predicted octanol–water partition coefficient (Wildman–Crippen LogP) is 3.28. The van der Waals surface area contributed by atoms with Gasteiger partial charge in [-0.3, -0.25) is 0 Å². The van der Waals surface area contributed by atoms with E-state index < -0.39 is 11.6 Å². The van der Waals surface area contributed by atoms with Crippen molar-refractivity contribution < 1.29 is 13.5 Å². The number of benzene rings is 2. The third-order valence-electron chi connectivity index (χ3n) is 2.96. The summed E-state index contributed by atoms with van der Waals surface area (Å²) in [7, 11) is 3.34. The van der Waals surface area contributed by atoms with Gasteiger partial charge in [-0.1, -0.05) is 12.1 Å². The average Bonchev–Trinajstić information content (AvgIpc) is 2.39. The summed E-state index contributed by atoms with van der Waals surface area (Å²) < 4.78 is 31.6. The van der Waals surface area contributed by atoms with E-state index >= 15 is 0 Å². The number of rotatable bonds is 4. The van der Waals surface area contributed by atoms with Crippen LogP contribution in [0.1, 0.15) is 17.2 Å². The summed E-state index contributed by atoms with van der Waals surface area (Å²) in [5.41, 5.74) is 1.46. The van der Waals surface area contributed by atoms with Crippen LogP contribution in [0.15, 0.2) is 42.5 Å². The molecule has 1 N–H and O–H groups in total. The van der Waals surface area contributed by atoms with Crippen LogP contribution < -0.4 is 10.1 Å². The highest BCUT2D eigenvalue weighted by atomic mass is 19.1. The van der Waals surface area contributed by atoms with E-state index in [0.29, 0.717) is 5.56 Å². The lowest BCUT2D eigenvalue weighted by Gasteiger charge is -2.17. The third-order valence-corrected chi connectivity index (χ3v) is 2.96. The molecular formula is C15H15F2NO. The Bertz CT molecular complexity index is 534. The molecule has 0 fully saturated rings. The highest BCUT2D eigenvalue weighted by Gasteiger charge is 2.14. The van der Waals surface area contributed by atoms with Gasteiger partial charge >= 0.3 is 0 Å². The van der Waals surface area contributed by atoms with Crippen molar-refractivity contribution in [3.05, 3.63) is 65.2 Å². The summed E-state index contributed by atoms with van der Waals surface area (Å²) in [5, 5.41) is 3.05. The van der Waals surface area contributed by atoms with Crippen molar-refractivity contribution in [3.63, 3.8) is 0 Å². The molecule has 0 saturated carbocycles. The monoisotopic (exact) mass is 263 g/mol. The Labute approximate surface area is 111 Å². The Morgan fingerprint density at radius 2 is 1.53 bits per heavy atom. The average molecular weight is 263 g/mol. The van der Waals surface area contributed by atoms with Crippen molar-refractivity contribution >= 4 is 0 Å². The van der Waals surface area contributed by atoms with Crippen LogP contribution >= 0.6 is 0 Å². The van der Waals surface area contributed by atoms with E-state index in [0.717, 1.165) is 17.4 Å². The van der Waals surface area contributed by atoms with Gasteiger partial charge in [0.2, 0.25) is 0 Å². The molecule has 1 atom stereocenters. The number of nitrogens with one attached hydrogen (secondary N) is 1. The molecule has 0 heterocycles. The highest BCUT2D eigenvalue weighted by Crippen LogP contribution is 2.25. The molecule has 0 aliphatic heterocycles. The Balaban J connectivity index is 2.37. The zero-order chi connectivity index (χ0) is 13.8. The fraction of sp³-hybridized carbons (Fsp3) is 0.200. The summed E-state index contributed by atoms with van der Waals surface area (Å²) >= 11 is 0. The lowest BCUT2D eigenvalue weighted by molar-refractivity contribution is 0.414. The molecular weight excluding hydrogens is 248 g/mol. The van der Waals surface area contributed by atoms with E-state index in [1.165, 1.54) is 12.1 Å². The molecule has 4 heteroatoms. The van der Waals surface area contributed by atoms with E-state index in [1.807, 2.05) is 24.3 Å². The molecule has 100 valence electrons. The maximum Gasteiger partial charge on any atom is 0.126 e. The van der Waals surface area contributed by atoms with Gasteiger partial charge in [0.05, 0.1) is 13.2 Å². The number of hydrogen-bond donors (Lipinski definition) is 1. The van der Waals surface area contributed by atoms with Crippen LogP contribution in [-0.2, 0) is 0 Å². The molecule has 0 aromatic heterocycles. The van der Waals surface area contributed by atoms with E-state index in [-0.39, 0.29) is 6.04 Å². The van der Waals surface area contributed by atoms with Crippen molar-refractivity contribution in [2.45, 2.75) is 6.04 Å². The van der Waals surface area contributed by atoms with E-state index in [1.54, 1.807) is 14.2 Å². The fourth-order valence-corrected chi connectivity index (χ4v) is 2.06. The van der Waals surface area contributed by atoms with Gasteiger partial charge in [0.1, 0.15) is 17.4 Å². The number of hydrogen-bond acceptors (Lipinski definition) is 2. The highest BCUT2D eigenvalue weighted by molar-refractivity contribution is 5.35. The molecule has 1 unspecified atom stereocenters. The molecule has 2 nitrogen and oxygen atoms in total. The Kier molecular flexibility index (Phi) is 4.12. The molecule has 0 saturated heterocycles. The number of methoxy groups -OCH3 is 1. The van der Waals surface area contributed by atoms with Crippen molar-refractivity contribution in [1.29, 1.82) is 0 Å². The fourth-order valence-electron chi connectivity index (χ4n) is 2.06. The van der Waals surface area contributed by atoms with Crippen molar-refractivity contribution in [1.82, 2.24) is 5.32 Å². The van der Waals surface area contributed by atoms with Gasteiger partial charge < -0.3 is 10.1 Å². The van der Waals surface area contributed by atoms with E-state index in [2.05, 4.69) is 5.32 Å². The summed E-state index contributed by atoms with van der Waals surface area (Å²) in [5.74, 6) is -0.420. The summed E-state index contributed by atoms with van der Waals surface area (Å²) in [4.78, 5) is 0. The second-order valence-electron chi connectivity index (χ2n) is 4.20. The molecule has 2 aromatic carbocycles. The van der Waals surface area contributed by atoms with Crippen LogP contribution in [0.5, 0.6) is 5.75 Å². The van der Waals surface area contributed by atoms with Crippen molar-refractivity contribution in [3.8, 4) is 5.75 Å².